The second-order valence-corrected chi connectivity index (χ2v) is 10.5. The Bertz CT molecular complexity index is 1000. The molecule has 0 aliphatic carbocycles. The zero-order valence-corrected chi connectivity index (χ0v) is 19.2. The molecule has 1 amide bonds. The first kappa shape index (κ1) is 22.6. The number of nitrogens with zero attached hydrogens (tertiary/aromatic N) is 1. The highest BCUT2D eigenvalue weighted by molar-refractivity contribution is 7.91. The van der Waals surface area contributed by atoms with Crippen LogP contribution in [0.15, 0.2) is 42.5 Å². The topological polar surface area (TPSA) is 63.7 Å². The van der Waals surface area contributed by atoms with Crippen LogP contribution < -0.4 is 4.74 Å². The monoisotopic (exact) mass is 449 g/mol. The van der Waals surface area contributed by atoms with Gasteiger partial charge in [0.1, 0.15) is 5.75 Å². The minimum atomic E-state index is -3.12. The molecule has 2 aromatic rings. The maximum Gasteiger partial charge on any atom is 0.263 e. The van der Waals surface area contributed by atoms with Crippen LogP contribution in [-0.2, 0) is 27.6 Å². The first-order valence-electron chi connectivity index (χ1n) is 10.2. The van der Waals surface area contributed by atoms with Gasteiger partial charge in [-0.15, -0.1) is 0 Å². The van der Waals surface area contributed by atoms with Crippen molar-refractivity contribution in [1.82, 2.24) is 4.90 Å². The third-order valence-corrected chi connectivity index (χ3v) is 7.68. The molecular weight excluding hydrogens is 422 g/mol. The lowest BCUT2D eigenvalue weighted by Gasteiger charge is -2.31. The Kier molecular flexibility index (Phi) is 7.09. The highest BCUT2D eigenvalue weighted by Crippen LogP contribution is 2.25. The lowest BCUT2D eigenvalue weighted by Crippen LogP contribution is -2.46. The molecule has 1 heterocycles. The number of hydrogen-bond acceptors (Lipinski definition) is 4. The summed E-state index contributed by atoms with van der Waals surface area (Å²) in [7, 11) is -3.12. The maximum absolute atomic E-state index is 13.3. The number of hydrogen-bond donors (Lipinski definition) is 0. The Morgan fingerprint density at radius 3 is 2.43 bits per heavy atom. The fourth-order valence-electron chi connectivity index (χ4n) is 3.66. The second-order valence-electron chi connectivity index (χ2n) is 7.86. The molecule has 0 unspecified atom stereocenters. The lowest BCUT2D eigenvalue weighted by molar-refractivity contribution is -0.140. The first-order valence-corrected chi connectivity index (χ1v) is 12.4. The van der Waals surface area contributed by atoms with Gasteiger partial charge in [0, 0.05) is 17.6 Å². The van der Waals surface area contributed by atoms with Crippen LogP contribution in [0.5, 0.6) is 5.75 Å². The summed E-state index contributed by atoms with van der Waals surface area (Å²) in [4.78, 5) is 15.0. The first-order chi connectivity index (χ1) is 14.2. The van der Waals surface area contributed by atoms with Crippen molar-refractivity contribution in [3.63, 3.8) is 0 Å². The Morgan fingerprint density at radius 2 is 1.87 bits per heavy atom. The van der Waals surface area contributed by atoms with Crippen LogP contribution in [0.25, 0.3) is 0 Å². The van der Waals surface area contributed by atoms with Crippen molar-refractivity contribution in [2.45, 2.75) is 52.3 Å². The highest BCUT2D eigenvalue weighted by Gasteiger charge is 2.36. The number of aryl methyl sites for hydroxylation is 2. The molecule has 0 radical (unpaired) electrons. The number of amides is 1. The SMILES string of the molecule is CCc1ccc(CN(C(=O)[C@@H](C)Oc2ccc(Cl)c(C)c2)[C@@H]2CCS(=O)(=O)C2)cc1. The number of ether oxygens (including phenoxy) is 1. The molecule has 2 aromatic carbocycles. The number of carbonyl (C=O) groups is 1. The molecule has 0 spiro atoms. The highest BCUT2D eigenvalue weighted by atomic mass is 35.5. The lowest BCUT2D eigenvalue weighted by atomic mass is 10.1. The second kappa shape index (κ2) is 9.40. The number of benzene rings is 2. The van der Waals surface area contributed by atoms with Gasteiger partial charge in [0.2, 0.25) is 0 Å². The van der Waals surface area contributed by atoms with E-state index in [2.05, 4.69) is 6.92 Å². The molecule has 30 heavy (non-hydrogen) atoms. The largest absolute Gasteiger partial charge is 0.481 e. The molecule has 7 heteroatoms. The average molecular weight is 450 g/mol. The molecule has 0 saturated carbocycles. The van der Waals surface area contributed by atoms with E-state index in [1.54, 1.807) is 30.0 Å². The Labute approximate surface area is 183 Å². The van der Waals surface area contributed by atoms with E-state index >= 15 is 0 Å². The summed E-state index contributed by atoms with van der Waals surface area (Å²) < 4.78 is 30.0. The molecule has 1 saturated heterocycles. The minimum Gasteiger partial charge on any atom is -0.481 e. The van der Waals surface area contributed by atoms with Crippen molar-refractivity contribution in [2.24, 2.45) is 0 Å². The quantitative estimate of drug-likeness (QED) is 0.635. The molecule has 0 bridgehead atoms. The number of carbonyl (C=O) groups excluding carboxylic acids is 1. The van der Waals surface area contributed by atoms with Gasteiger partial charge >= 0.3 is 0 Å². The van der Waals surface area contributed by atoms with Gasteiger partial charge in [0.05, 0.1) is 11.5 Å². The molecule has 1 aliphatic heterocycles. The van der Waals surface area contributed by atoms with Crippen LogP contribution in [0.1, 0.15) is 37.0 Å². The predicted molar refractivity (Wildman–Crippen MR) is 120 cm³/mol. The van der Waals surface area contributed by atoms with Crippen molar-refractivity contribution in [3.8, 4) is 5.75 Å². The normalized spacial score (nSPS) is 18.7. The summed E-state index contributed by atoms with van der Waals surface area (Å²) in [5.74, 6) is 0.453. The fraction of sp³-hybridized carbons (Fsp3) is 0.435. The van der Waals surface area contributed by atoms with Gasteiger partial charge < -0.3 is 9.64 Å². The van der Waals surface area contributed by atoms with Gasteiger partial charge in [-0.1, -0.05) is 42.8 Å². The minimum absolute atomic E-state index is 0.00143. The Balaban J connectivity index is 1.80. The van der Waals surface area contributed by atoms with Crippen LogP contribution in [0.2, 0.25) is 5.02 Å². The molecule has 0 aromatic heterocycles. The van der Waals surface area contributed by atoms with Gasteiger partial charge in [-0.25, -0.2) is 8.42 Å². The van der Waals surface area contributed by atoms with Gasteiger partial charge in [-0.3, -0.25) is 4.79 Å². The van der Waals surface area contributed by atoms with Crippen molar-refractivity contribution in [2.75, 3.05) is 11.5 Å². The van der Waals surface area contributed by atoms with Crippen LogP contribution in [-0.4, -0.2) is 42.9 Å². The Hall–Kier alpha value is -2.05. The summed E-state index contributed by atoms with van der Waals surface area (Å²) in [5.41, 5.74) is 3.05. The van der Waals surface area contributed by atoms with Crippen molar-refractivity contribution < 1.29 is 17.9 Å². The van der Waals surface area contributed by atoms with Crippen LogP contribution in [0.4, 0.5) is 0 Å². The third-order valence-electron chi connectivity index (χ3n) is 5.51. The molecular formula is C23H28ClNO4S. The summed E-state index contributed by atoms with van der Waals surface area (Å²) >= 11 is 6.07. The predicted octanol–water partition coefficient (Wildman–Crippen LogP) is 4.19. The van der Waals surface area contributed by atoms with E-state index in [0.717, 1.165) is 17.5 Å². The summed E-state index contributed by atoms with van der Waals surface area (Å²) in [6.45, 7) is 6.02. The van der Waals surface area contributed by atoms with Gasteiger partial charge in [-0.2, -0.15) is 0 Å². The van der Waals surface area contributed by atoms with Crippen LogP contribution >= 0.6 is 11.6 Å². The van der Waals surface area contributed by atoms with Gasteiger partial charge in [0.25, 0.3) is 5.91 Å². The average Bonchev–Trinajstić information content (AvgIpc) is 3.08. The third kappa shape index (κ3) is 5.55. The molecule has 2 atom stereocenters. The van der Waals surface area contributed by atoms with Crippen LogP contribution in [0, 0.1) is 6.92 Å². The van der Waals surface area contributed by atoms with E-state index in [-0.39, 0.29) is 23.5 Å². The van der Waals surface area contributed by atoms with Crippen molar-refractivity contribution in [3.05, 3.63) is 64.2 Å². The van der Waals surface area contributed by atoms with E-state index in [1.807, 2.05) is 31.2 Å². The molecule has 3 rings (SSSR count). The standard InChI is InChI=1S/C23H28ClNO4S/c1-4-18-5-7-19(8-6-18)14-25(20-11-12-30(27,28)15-20)23(26)17(3)29-21-9-10-22(24)16(2)13-21/h5-10,13,17,20H,4,11-12,14-15H2,1-3H3/t17-,20-/m1/s1. The van der Waals surface area contributed by atoms with E-state index < -0.39 is 15.9 Å². The van der Waals surface area contributed by atoms with Crippen molar-refractivity contribution >= 4 is 27.3 Å². The van der Waals surface area contributed by atoms with E-state index in [1.165, 1.54) is 5.56 Å². The zero-order valence-electron chi connectivity index (χ0n) is 17.6. The fourth-order valence-corrected chi connectivity index (χ4v) is 5.51. The molecule has 1 fully saturated rings. The van der Waals surface area contributed by atoms with Gasteiger partial charge in [0.15, 0.2) is 15.9 Å². The molecule has 0 N–H and O–H groups in total. The zero-order chi connectivity index (χ0) is 21.9. The van der Waals surface area contributed by atoms with Crippen LogP contribution in [0.3, 0.4) is 0 Å². The van der Waals surface area contributed by atoms with E-state index in [0.29, 0.717) is 23.7 Å². The van der Waals surface area contributed by atoms with Crippen molar-refractivity contribution in [1.29, 1.82) is 0 Å². The molecule has 5 nitrogen and oxygen atoms in total. The number of rotatable bonds is 7. The molecule has 1 aliphatic rings. The smallest absolute Gasteiger partial charge is 0.263 e. The Morgan fingerprint density at radius 1 is 1.20 bits per heavy atom. The number of halogens is 1. The summed E-state index contributed by atoms with van der Waals surface area (Å²) in [6, 6.07) is 13.0. The maximum atomic E-state index is 13.3. The molecule has 162 valence electrons. The summed E-state index contributed by atoms with van der Waals surface area (Å²) in [6.07, 6.45) is 0.645. The van der Waals surface area contributed by atoms with E-state index in [9.17, 15) is 13.2 Å². The van der Waals surface area contributed by atoms with Gasteiger partial charge in [-0.05, 0) is 61.6 Å². The summed E-state index contributed by atoms with van der Waals surface area (Å²) in [5, 5.41) is 0.634. The van der Waals surface area contributed by atoms with E-state index in [4.69, 9.17) is 16.3 Å². The number of sulfone groups is 1.